The average molecular weight is 964 g/mol. The lowest BCUT2D eigenvalue weighted by Gasteiger charge is -2.38. The Hall–Kier alpha value is -7.05. The molecule has 0 aliphatic carbocycles. The number of ketones is 1. The molecule has 70 heavy (non-hydrogen) atoms. The van der Waals surface area contributed by atoms with Crippen LogP contribution >= 0.6 is 0 Å². The first-order valence-corrected chi connectivity index (χ1v) is 22.8. The molecule has 3 aliphatic rings. The van der Waals surface area contributed by atoms with Crippen molar-refractivity contribution in [3.63, 3.8) is 0 Å². The number of phenolic OH excluding ortho intramolecular Hbond substituents is 3. The summed E-state index contributed by atoms with van der Waals surface area (Å²) in [4.78, 5) is 55.4. The van der Waals surface area contributed by atoms with Gasteiger partial charge in [0, 0.05) is 61.2 Å². The third kappa shape index (κ3) is 9.74. The van der Waals surface area contributed by atoms with Gasteiger partial charge in [-0.05, 0) is 31.1 Å². The van der Waals surface area contributed by atoms with Gasteiger partial charge in [0.2, 0.25) is 0 Å². The topological polar surface area (TPSA) is 263 Å². The molecule has 4 aromatic carbocycles. The number of amides is 2. The number of rotatable bonds is 8. The normalized spacial score (nSPS) is 27.3. The van der Waals surface area contributed by atoms with Gasteiger partial charge in [-0.3, -0.25) is 19.2 Å². The highest BCUT2D eigenvalue weighted by Crippen LogP contribution is 2.55. The molecule has 0 saturated heterocycles. The molecule has 0 radical (unpaired) electrons. The van der Waals surface area contributed by atoms with E-state index in [0.717, 1.165) is 12.5 Å². The molecule has 0 saturated carbocycles. The van der Waals surface area contributed by atoms with Crippen LogP contribution in [0.25, 0.3) is 10.8 Å². The molecule has 3 aliphatic heterocycles. The van der Waals surface area contributed by atoms with Crippen molar-refractivity contribution in [2.45, 2.75) is 91.0 Å². The number of Topliss-reactive ketones (excluding diaryl/α,β-unsaturated/α-hetero) is 1. The van der Waals surface area contributed by atoms with Crippen LogP contribution in [0.15, 0.2) is 102 Å². The Labute approximate surface area is 405 Å². The van der Waals surface area contributed by atoms with E-state index in [9.17, 15) is 49.8 Å². The van der Waals surface area contributed by atoms with E-state index in [1.54, 1.807) is 94.4 Å². The quantitative estimate of drug-likeness (QED) is 0.0322. The first-order chi connectivity index (χ1) is 33.2. The predicted octanol–water partition coefficient (Wildman–Crippen LogP) is 6.18. The summed E-state index contributed by atoms with van der Waals surface area (Å²) in [6.07, 6.45) is 4.00. The number of esters is 1. The van der Waals surface area contributed by atoms with E-state index in [0.29, 0.717) is 11.1 Å². The number of aromatic hydroxyl groups is 3. The van der Waals surface area contributed by atoms with Crippen LogP contribution in [-0.4, -0.2) is 104 Å². The molecule has 0 fully saturated rings. The van der Waals surface area contributed by atoms with Gasteiger partial charge in [0.15, 0.2) is 5.75 Å². The number of nitrogens with zero attached hydrogens (tertiary/aromatic N) is 1. The van der Waals surface area contributed by atoms with Crippen molar-refractivity contribution in [2.24, 2.45) is 28.8 Å². The summed E-state index contributed by atoms with van der Waals surface area (Å²) in [6.45, 7) is 11.5. The molecule has 3 heterocycles. The molecule has 8 N–H and O–H groups in total. The number of fused-ring (bicyclic) bond motifs is 14. The third-order valence-electron chi connectivity index (χ3n) is 13.6. The van der Waals surface area contributed by atoms with Gasteiger partial charge in [0.1, 0.15) is 28.8 Å². The highest BCUT2D eigenvalue weighted by atomic mass is 16.7. The summed E-state index contributed by atoms with van der Waals surface area (Å²) < 4.78 is 23.6. The number of aliphatic hydroxyl groups excluding tert-OH is 3. The van der Waals surface area contributed by atoms with Gasteiger partial charge in [-0.1, -0.05) is 107 Å². The number of ether oxygens (including phenoxy) is 4. The number of hydrogen-bond donors (Lipinski definition) is 8. The Kier molecular flexibility index (Phi) is 15.9. The van der Waals surface area contributed by atoms with Gasteiger partial charge in [-0.25, -0.2) is 5.43 Å². The summed E-state index contributed by atoms with van der Waals surface area (Å²) in [5, 5.41) is 76.0. The number of carbonyl (C=O) groups is 4. The monoisotopic (exact) mass is 963 g/mol. The molecule has 7 rings (SSSR count). The SMILES string of the molecule is COC1/C=C/OC2(C)Oc3c(C)c(O)c4c(O)c(c(/C=N/NC(=O)C(CO)(c5ccccc5)c5ccccc5)c(O)c4c3C2=O)NC(=O)/C(C)=C\C=C\C(C)C(O)C(C)C(O)C(C)C(OC(C)=O)C1C. The zero-order valence-electron chi connectivity index (χ0n) is 40.5. The molecule has 17 nitrogen and oxygen atoms in total. The van der Waals surface area contributed by atoms with Crippen molar-refractivity contribution in [1.29, 1.82) is 0 Å². The molecule has 9 atom stereocenters. The molecule has 0 spiro atoms. The number of hydrogen-bond acceptors (Lipinski definition) is 15. The minimum atomic E-state index is -2.16. The number of phenols is 3. The maximum atomic E-state index is 14.6. The Morgan fingerprint density at radius 3 is 2.06 bits per heavy atom. The van der Waals surface area contributed by atoms with Crippen LogP contribution < -0.4 is 15.5 Å². The second kappa shape index (κ2) is 21.3. The van der Waals surface area contributed by atoms with Crippen molar-refractivity contribution in [2.75, 3.05) is 19.0 Å². The summed E-state index contributed by atoms with van der Waals surface area (Å²) >= 11 is 0. The van der Waals surface area contributed by atoms with E-state index in [1.807, 2.05) is 0 Å². The Morgan fingerprint density at radius 2 is 1.49 bits per heavy atom. The Balaban J connectivity index is 1.53. The van der Waals surface area contributed by atoms with Gasteiger partial charge in [0.25, 0.3) is 17.6 Å². The van der Waals surface area contributed by atoms with E-state index in [2.05, 4.69) is 15.8 Å². The van der Waals surface area contributed by atoms with Gasteiger partial charge in [0.05, 0.1) is 59.6 Å². The van der Waals surface area contributed by atoms with Crippen LogP contribution in [0.3, 0.4) is 0 Å². The van der Waals surface area contributed by atoms with Crippen LogP contribution in [0.5, 0.6) is 23.0 Å². The summed E-state index contributed by atoms with van der Waals surface area (Å²) in [7, 11) is 1.41. The lowest BCUT2D eigenvalue weighted by molar-refractivity contribution is -0.160. The molecular formula is C53H61N3O14. The second-order valence-corrected chi connectivity index (χ2v) is 18.1. The fourth-order valence-electron chi connectivity index (χ4n) is 9.25. The molecule has 5 bridgehead atoms. The number of carbonyl (C=O) groups excluding carboxylic acids is 4. The molecule has 0 aromatic heterocycles. The zero-order chi connectivity index (χ0) is 51.4. The van der Waals surface area contributed by atoms with Gasteiger partial charge < -0.3 is 54.9 Å². The fourth-order valence-corrected chi connectivity index (χ4v) is 9.25. The number of hydrazone groups is 1. The molecule has 4 aromatic rings. The number of anilines is 1. The summed E-state index contributed by atoms with van der Waals surface area (Å²) in [5.41, 5.74) is 0.439. The molecule has 17 heteroatoms. The van der Waals surface area contributed by atoms with Crippen LogP contribution in [0, 0.1) is 30.6 Å². The molecule has 372 valence electrons. The van der Waals surface area contributed by atoms with Crippen LogP contribution in [-0.2, 0) is 34.0 Å². The number of nitrogens with one attached hydrogen (secondary N) is 2. The fraction of sp³-hybridized carbons (Fsp3) is 0.377. The van der Waals surface area contributed by atoms with E-state index in [1.165, 1.54) is 53.0 Å². The first kappa shape index (κ1) is 52.3. The van der Waals surface area contributed by atoms with Crippen LogP contribution in [0.4, 0.5) is 5.69 Å². The Bertz CT molecular complexity index is 2710. The number of benzene rings is 4. The zero-order valence-corrected chi connectivity index (χ0v) is 40.5. The minimum absolute atomic E-state index is 0.0348. The largest absolute Gasteiger partial charge is 0.507 e. The Morgan fingerprint density at radius 1 is 0.871 bits per heavy atom. The maximum absolute atomic E-state index is 14.6. The van der Waals surface area contributed by atoms with Crippen molar-refractivity contribution < 1.29 is 68.8 Å². The van der Waals surface area contributed by atoms with E-state index in [-0.39, 0.29) is 22.4 Å². The van der Waals surface area contributed by atoms with E-state index >= 15 is 0 Å². The maximum Gasteiger partial charge on any atom is 0.312 e. The smallest absolute Gasteiger partial charge is 0.312 e. The highest BCUT2D eigenvalue weighted by molar-refractivity contribution is 6.24. The number of aliphatic hydroxyl groups is 3. The van der Waals surface area contributed by atoms with Gasteiger partial charge >= 0.3 is 11.8 Å². The first-order valence-electron chi connectivity index (χ1n) is 22.8. The van der Waals surface area contributed by atoms with Gasteiger partial charge in [-0.15, -0.1) is 0 Å². The van der Waals surface area contributed by atoms with E-state index < -0.39 is 129 Å². The van der Waals surface area contributed by atoms with Crippen molar-refractivity contribution in [3.8, 4) is 23.0 Å². The van der Waals surface area contributed by atoms with Crippen LogP contribution in [0.2, 0.25) is 0 Å². The molecular weight excluding hydrogens is 903 g/mol. The minimum Gasteiger partial charge on any atom is -0.507 e. The van der Waals surface area contributed by atoms with Crippen molar-refractivity contribution in [3.05, 3.63) is 125 Å². The standard InChI is InChI=1S/C53H61N3O14/c1-27-17-16-18-28(2)50(65)55-41-36(25-54-56-51(66)53(26-57,34-19-12-10-13-20-34)35-21-14-11-15-22-35)45(62)38-39(46(41)63)44(61)32(6)48-40(38)49(64)52(8,70-48)68-24-23-37(67-9)29(3)47(69-33(7)58)31(5)43(60)30(4)42(27)59/h10-25,27,29-31,37,42-43,47,57,59-63H,26H2,1-9H3,(H,55,65)(H,56,66)/b17-16+,24-23+,28-18-,54-25+. The second-order valence-electron chi connectivity index (χ2n) is 18.1. The lowest BCUT2D eigenvalue weighted by Crippen LogP contribution is -2.46. The number of methoxy groups -OCH3 is 1. The highest BCUT2D eigenvalue weighted by Gasteiger charge is 2.50. The van der Waals surface area contributed by atoms with Gasteiger partial charge in [-0.2, -0.15) is 5.10 Å². The molecule has 9 unspecified atom stereocenters. The predicted molar refractivity (Wildman–Crippen MR) is 260 cm³/mol. The average Bonchev–Trinajstić information content (AvgIpc) is 3.61. The van der Waals surface area contributed by atoms with E-state index in [4.69, 9.17) is 18.9 Å². The van der Waals surface area contributed by atoms with Crippen molar-refractivity contribution >= 4 is 46.2 Å². The molecule has 2 amide bonds. The van der Waals surface area contributed by atoms with Crippen LogP contribution in [0.1, 0.15) is 81.1 Å². The lowest BCUT2D eigenvalue weighted by atomic mass is 9.74. The third-order valence-corrected chi connectivity index (χ3v) is 13.6. The van der Waals surface area contributed by atoms with Crippen molar-refractivity contribution in [1.82, 2.24) is 5.43 Å². The number of allylic oxidation sites excluding steroid dienone is 2. The summed E-state index contributed by atoms with van der Waals surface area (Å²) in [5.74, 6) is -10.3. The summed E-state index contributed by atoms with van der Waals surface area (Å²) in [6, 6.07) is 17.0.